The van der Waals surface area contributed by atoms with Gasteiger partial charge in [-0.3, -0.25) is 9.69 Å². The van der Waals surface area contributed by atoms with Gasteiger partial charge in [0, 0.05) is 12.1 Å². The van der Waals surface area contributed by atoms with E-state index in [-0.39, 0.29) is 16.3 Å². The zero-order valence-electron chi connectivity index (χ0n) is 10.2. The number of nitrogens with zero attached hydrogens (tertiary/aromatic N) is 1. The zero-order chi connectivity index (χ0) is 14.0. The number of rotatable bonds is 3. The summed E-state index contributed by atoms with van der Waals surface area (Å²) in [5.41, 5.74) is 0.122. The monoisotopic (exact) mass is 282 g/mol. The highest BCUT2D eigenvalue weighted by Crippen LogP contribution is 2.23. The molecule has 1 aromatic carbocycles. The molecule has 6 heteroatoms. The van der Waals surface area contributed by atoms with Crippen molar-refractivity contribution in [3.8, 4) is 0 Å². The van der Waals surface area contributed by atoms with Crippen molar-refractivity contribution in [3.63, 3.8) is 0 Å². The molecule has 1 aromatic rings. The van der Waals surface area contributed by atoms with E-state index in [0.29, 0.717) is 13.0 Å². The van der Waals surface area contributed by atoms with E-state index in [1.54, 1.807) is 0 Å². The first-order valence-electron chi connectivity index (χ1n) is 5.83. The molecule has 0 aliphatic carbocycles. The van der Waals surface area contributed by atoms with Crippen molar-refractivity contribution in [2.75, 3.05) is 6.54 Å². The molecule has 0 radical (unpaired) electrons. The number of urea groups is 1. The topological polar surface area (TPSA) is 49.4 Å². The zero-order valence-corrected chi connectivity index (χ0v) is 11.0. The molecule has 0 unspecified atom stereocenters. The molecule has 2 rings (SSSR count). The summed E-state index contributed by atoms with van der Waals surface area (Å²) in [5, 5.41) is 2.60. The number of carbonyl (C=O) groups excluding carboxylic acids is 2. The number of nitrogens with one attached hydrogen (secondary N) is 1. The van der Waals surface area contributed by atoms with Crippen molar-refractivity contribution < 1.29 is 14.0 Å². The van der Waals surface area contributed by atoms with Gasteiger partial charge in [-0.25, -0.2) is 9.18 Å². The third-order valence-electron chi connectivity index (χ3n) is 2.70. The summed E-state index contributed by atoms with van der Waals surface area (Å²) in [6.45, 7) is 2.18. The number of hydrogen-bond acceptors (Lipinski definition) is 2. The van der Waals surface area contributed by atoms with Gasteiger partial charge in [0.05, 0.1) is 5.02 Å². The van der Waals surface area contributed by atoms with Crippen LogP contribution in [0.5, 0.6) is 0 Å². The summed E-state index contributed by atoms with van der Waals surface area (Å²) in [5.74, 6) is -1.01. The number of benzene rings is 1. The molecule has 1 heterocycles. The van der Waals surface area contributed by atoms with Crippen molar-refractivity contribution in [2.24, 2.45) is 0 Å². The SMILES string of the molecule is CCCN1C(=O)N/C(=C/c2c(F)cccc2Cl)C1=O. The average Bonchev–Trinajstić information content (AvgIpc) is 2.62. The van der Waals surface area contributed by atoms with Gasteiger partial charge in [-0.1, -0.05) is 24.6 Å². The van der Waals surface area contributed by atoms with Crippen LogP contribution in [0.4, 0.5) is 9.18 Å². The predicted octanol–water partition coefficient (Wildman–Crippen LogP) is 2.78. The van der Waals surface area contributed by atoms with E-state index >= 15 is 0 Å². The predicted molar refractivity (Wildman–Crippen MR) is 69.9 cm³/mol. The van der Waals surface area contributed by atoms with E-state index in [1.165, 1.54) is 24.3 Å². The number of amides is 3. The van der Waals surface area contributed by atoms with Crippen LogP contribution in [0.1, 0.15) is 18.9 Å². The van der Waals surface area contributed by atoms with Crippen molar-refractivity contribution >= 4 is 29.6 Å². The second-order valence-corrected chi connectivity index (χ2v) is 4.49. The molecule has 1 saturated heterocycles. The van der Waals surface area contributed by atoms with E-state index in [0.717, 1.165) is 4.90 Å². The molecule has 1 aliphatic heterocycles. The Morgan fingerprint density at radius 3 is 2.79 bits per heavy atom. The van der Waals surface area contributed by atoms with E-state index in [4.69, 9.17) is 11.6 Å². The fraction of sp³-hybridized carbons (Fsp3) is 0.231. The summed E-state index contributed by atoms with van der Waals surface area (Å²) < 4.78 is 13.6. The number of halogens is 2. The molecule has 0 spiro atoms. The molecule has 1 fully saturated rings. The molecule has 0 aromatic heterocycles. The van der Waals surface area contributed by atoms with Gasteiger partial charge in [-0.2, -0.15) is 0 Å². The highest BCUT2D eigenvalue weighted by molar-refractivity contribution is 6.32. The van der Waals surface area contributed by atoms with Crippen LogP contribution in [0.25, 0.3) is 6.08 Å². The largest absolute Gasteiger partial charge is 0.329 e. The van der Waals surface area contributed by atoms with Crippen LogP contribution in [-0.4, -0.2) is 23.4 Å². The maximum Gasteiger partial charge on any atom is 0.329 e. The van der Waals surface area contributed by atoms with Crippen LogP contribution in [0, 0.1) is 5.82 Å². The van der Waals surface area contributed by atoms with Gasteiger partial charge >= 0.3 is 6.03 Å². The molecule has 4 nitrogen and oxygen atoms in total. The smallest absolute Gasteiger partial charge is 0.303 e. The Bertz CT molecular complexity index is 552. The Morgan fingerprint density at radius 1 is 1.42 bits per heavy atom. The standard InChI is InChI=1S/C13H12ClFN2O2/c1-2-6-17-12(18)11(16-13(17)19)7-8-9(14)4-3-5-10(8)15/h3-5,7H,2,6H2,1H3,(H,16,19)/b11-7+. The second-order valence-electron chi connectivity index (χ2n) is 4.08. The molecule has 1 aliphatic rings. The Kier molecular flexibility index (Phi) is 3.85. The minimum atomic E-state index is -0.545. The molecule has 0 atom stereocenters. The van der Waals surface area contributed by atoms with Crippen LogP contribution in [-0.2, 0) is 4.79 Å². The van der Waals surface area contributed by atoms with Gasteiger partial charge in [0.2, 0.25) is 0 Å². The molecule has 0 saturated carbocycles. The lowest BCUT2D eigenvalue weighted by Crippen LogP contribution is -2.31. The fourth-order valence-electron chi connectivity index (χ4n) is 1.79. The lowest BCUT2D eigenvalue weighted by Gasteiger charge is -2.08. The van der Waals surface area contributed by atoms with Crippen molar-refractivity contribution in [1.82, 2.24) is 10.2 Å². The lowest BCUT2D eigenvalue weighted by atomic mass is 10.1. The van der Waals surface area contributed by atoms with E-state index in [2.05, 4.69) is 5.32 Å². The minimum Gasteiger partial charge on any atom is -0.303 e. The molecule has 3 amide bonds. The van der Waals surface area contributed by atoms with Gasteiger partial charge in [0.25, 0.3) is 5.91 Å². The summed E-state index contributed by atoms with van der Waals surface area (Å²) in [4.78, 5) is 24.6. The fourth-order valence-corrected chi connectivity index (χ4v) is 2.01. The third kappa shape index (κ3) is 2.61. The third-order valence-corrected chi connectivity index (χ3v) is 3.03. The molecule has 0 bridgehead atoms. The van der Waals surface area contributed by atoms with E-state index in [9.17, 15) is 14.0 Å². The lowest BCUT2D eigenvalue weighted by molar-refractivity contribution is -0.122. The molecule has 19 heavy (non-hydrogen) atoms. The normalized spacial score (nSPS) is 17.2. The molecular weight excluding hydrogens is 271 g/mol. The van der Waals surface area contributed by atoms with E-state index in [1.807, 2.05) is 6.92 Å². The quantitative estimate of drug-likeness (QED) is 0.684. The second kappa shape index (κ2) is 5.40. The molecular formula is C13H12ClFN2O2. The first kappa shape index (κ1) is 13.5. The van der Waals surface area contributed by atoms with Gasteiger partial charge in [-0.15, -0.1) is 0 Å². The summed E-state index contributed by atoms with van der Waals surface area (Å²) in [6, 6.07) is 3.73. The van der Waals surface area contributed by atoms with Crippen LogP contribution in [0.15, 0.2) is 23.9 Å². The summed E-state index contributed by atoms with van der Waals surface area (Å²) >= 11 is 5.87. The first-order chi connectivity index (χ1) is 9.04. The van der Waals surface area contributed by atoms with Crippen LogP contribution in [0.2, 0.25) is 5.02 Å². The highest BCUT2D eigenvalue weighted by atomic mass is 35.5. The van der Waals surface area contributed by atoms with Crippen molar-refractivity contribution in [3.05, 3.63) is 40.3 Å². The van der Waals surface area contributed by atoms with Crippen LogP contribution < -0.4 is 5.32 Å². The van der Waals surface area contributed by atoms with Crippen LogP contribution >= 0.6 is 11.6 Å². The molecule has 100 valence electrons. The summed E-state index contributed by atoms with van der Waals surface area (Å²) in [6.07, 6.45) is 1.92. The van der Waals surface area contributed by atoms with Gasteiger partial charge in [0.1, 0.15) is 11.5 Å². The Balaban J connectivity index is 2.35. The van der Waals surface area contributed by atoms with Gasteiger partial charge in [-0.05, 0) is 24.6 Å². The Morgan fingerprint density at radius 2 is 2.16 bits per heavy atom. The minimum absolute atomic E-state index is 0.0328. The Hall–Kier alpha value is -1.88. The molecule has 1 N–H and O–H groups in total. The average molecular weight is 283 g/mol. The number of imide groups is 1. The highest BCUT2D eigenvalue weighted by Gasteiger charge is 2.32. The van der Waals surface area contributed by atoms with E-state index < -0.39 is 17.8 Å². The number of carbonyl (C=O) groups is 2. The van der Waals surface area contributed by atoms with Gasteiger partial charge in [0.15, 0.2) is 0 Å². The summed E-state index contributed by atoms with van der Waals surface area (Å²) in [7, 11) is 0. The van der Waals surface area contributed by atoms with Gasteiger partial charge < -0.3 is 5.32 Å². The maximum atomic E-state index is 13.6. The van der Waals surface area contributed by atoms with Crippen molar-refractivity contribution in [1.29, 1.82) is 0 Å². The maximum absolute atomic E-state index is 13.6. The van der Waals surface area contributed by atoms with Crippen LogP contribution in [0.3, 0.4) is 0 Å². The Labute approximate surface area is 114 Å². The number of hydrogen-bond donors (Lipinski definition) is 1. The first-order valence-corrected chi connectivity index (χ1v) is 6.21. The van der Waals surface area contributed by atoms with Crippen molar-refractivity contribution in [2.45, 2.75) is 13.3 Å².